The topological polar surface area (TPSA) is 66.5 Å². The van der Waals surface area contributed by atoms with E-state index in [1.807, 2.05) is 27.7 Å². The number of barbiturate groups is 1. The smallest absolute Gasteiger partial charge is 0.277 e. The molecule has 1 atom stereocenters. The quantitative estimate of drug-likeness (QED) is 0.758. The lowest BCUT2D eigenvalue weighted by atomic mass is 9.80. The van der Waals surface area contributed by atoms with Crippen molar-refractivity contribution in [2.24, 2.45) is 17.3 Å². The lowest BCUT2D eigenvalue weighted by Crippen LogP contribution is -2.59. The fourth-order valence-corrected chi connectivity index (χ4v) is 1.47. The first-order valence-corrected chi connectivity index (χ1v) is 5.83. The number of carbonyl (C=O) groups is 3. The van der Waals surface area contributed by atoms with Gasteiger partial charge in [-0.05, 0) is 18.3 Å². The van der Waals surface area contributed by atoms with E-state index < -0.39 is 23.8 Å². The summed E-state index contributed by atoms with van der Waals surface area (Å²) in [6, 6.07) is -0.605. The second-order valence-electron chi connectivity index (χ2n) is 5.58. The van der Waals surface area contributed by atoms with Gasteiger partial charge in [-0.2, -0.15) is 0 Å². The Balaban J connectivity index is 2.87. The molecule has 96 valence electrons. The molecule has 0 aliphatic carbocycles. The third-order valence-electron chi connectivity index (χ3n) is 3.63. The van der Waals surface area contributed by atoms with E-state index in [4.69, 9.17) is 0 Å². The predicted molar refractivity (Wildman–Crippen MR) is 63.0 cm³/mol. The van der Waals surface area contributed by atoms with Crippen molar-refractivity contribution in [1.82, 2.24) is 10.2 Å². The van der Waals surface area contributed by atoms with Crippen LogP contribution < -0.4 is 5.32 Å². The van der Waals surface area contributed by atoms with Crippen LogP contribution in [0.4, 0.5) is 4.79 Å². The highest BCUT2D eigenvalue weighted by Gasteiger charge is 2.40. The van der Waals surface area contributed by atoms with Crippen molar-refractivity contribution in [3.63, 3.8) is 0 Å². The molecule has 0 radical (unpaired) electrons. The molecule has 4 amide bonds. The van der Waals surface area contributed by atoms with Gasteiger partial charge in [-0.15, -0.1) is 0 Å². The van der Waals surface area contributed by atoms with Crippen molar-refractivity contribution in [2.75, 3.05) is 6.54 Å². The Hall–Kier alpha value is -1.39. The fourth-order valence-electron chi connectivity index (χ4n) is 1.47. The molecule has 0 bridgehead atoms. The van der Waals surface area contributed by atoms with Crippen molar-refractivity contribution in [3.05, 3.63) is 0 Å². The molecule has 5 heteroatoms. The van der Waals surface area contributed by atoms with Crippen molar-refractivity contribution >= 4 is 17.8 Å². The number of rotatable bonds is 3. The van der Waals surface area contributed by atoms with E-state index in [2.05, 4.69) is 5.32 Å². The molecule has 0 spiro atoms. The predicted octanol–water partition coefficient (Wildman–Crippen LogP) is 1.38. The van der Waals surface area contributed by atoms with E-state index in [1.54, 1.807) is 0 Å². The van der Waals surface area contributed by atoms with E-state index in [1.165, 1.54) is 6.92 Å². The van der Waals surface area contributed by atoms with Gasteiger partial charge in [0.05, 0.1) is 0 Å². The van der Waals surface area contributed by atoms with Gasteiger partial charge in [0.15, 0.2) is 0 Å². The molecule has 17 heavy (non-hydrogen) atoms. The van der Waals surface area contributed by atoms with Gasteiger partial charge in [-0.3, -0.25) is 19.8 Å². The lowest BCUT2D eigenvalue weighted by molar-refractivity contribution is -0.142. The molecule has 0 aromatic heterocycles. The van der Waals surface area contributed by atoms with E-state index >= 15 is 0 Å². The van der Waals surface area contributed by atoms with Gasteiger partial charge in [0.1, 0.15) is 5.92 Å². The first-order valence-electron chi connectivity index (χ1n) is 5.83. The van der Waals surface area contributed by atoms with Crippen molar-refractivity contribution in [1.29, 1.82) is 0 Å². The monoisotopic (exact) mass is 240 g/mol. The summed E-state index contributed by atoms with van der Waals surface area (Å²) in [5, 5.41) is 2.20. The zero-order chi connectivity index (χ0) is 13.4. The third kappa shape index (κ3) is 2.65. The minimum absolute atomic E-state index is 0.174. The largest absolute Gasteiger partial charge is 0.330 e. The molecular formula is C12H20N2O3. The summed E-state index contributed by atoms with van der Waals surface area (Å²) in [6.07, 6.45) is 0. The lowest BCUT2D eigenvalue weighted by Gasteiger charge is -2.37. The van der Waals surface area contributed by atoms with Crippen molar-refractivity contribution in [3.8, 4) is 0 Å². The SMILES string of the molecule is CC1C(=O)NC(=O)N(CC(C)(C)C(C)C)C1=O. The second-order valence-corrected chi connectivity index (χ2v) is 5.58. The van der Waals surface area contributed by atoms with Crippen LogP contribution in [0.2, 0.25) is 0 Å². The third-order valence-corrected chi connectivity index (χ3v) is 3.63. The Morgan fingerprint density at radius 3 is 2.29 bits per heavy atom. The molecule has 0 aromatic carbocycles. The Labute approximate surface area is 102 Å². The molecule has 1 aliphatic heterocycles. The second kappa shape index (κ2) is 4.47. The van der Waals surface area contributed by atoms with Gasteiger partial charge >= 0.3 is 6.03 Å². The number of urea groups is 1. The summed E-state index contributed by atoms with van der Waals surface area (Å²) < 4.78 is 0. The number of imide groups is 2. The first kappa shape index (κ1) is 13.7. The molecule has 1 saturated heterocycles. The van der Waals surface area contributed by atoms with E-state index in [0.717, 1.165) is 4.90 Å². The number of nitrogens with one attached hydrogen (secondary N) is 1. The van der Waals surface area contributed by atoms with Crippen molar-refractivity contribution in [2.45, 2.75) is 34.6 Å². The number of amides is 4. The van der Waals surface area contributed by atoms with Crippen molar-refractivity contribution < 1.29 is 14.4 Å². The minimum Gasteiger partial charge on any atom is -0.277 e. The van der Waals surface area contributed by atoms with Gasteiger partial charge in [-0.25, -0.2) is 4.79 Å². The van der Waals surface area contributed by atoms with Crippen LogP contribution in [0, 0.1) is 17.3 Å². The molecule has 1 aliphatic rings. The Morgan fingerprint density at radius 2 is 1.82 bits per heavy atom. The summed E-state index contributed by atoms with van der Waals surface area (Å²) in [4.78, 5) is 36.0. The van der Waals surface area contributed by atoms with Gasteiger partial charge in [0.2, 0.25) is 11.8 Å². The van der Waals surface area contributed by atoms with Crippen LogP contribution in [0.3, 0.4) is 0 Å². The summed E-state index contributed by atoms with van der Waals surface area (Å²) >= 11 is 0. The van der Waals surface area contributed by atoms with Gasteiger partial charge < -0.3 is 0 Å². The average molecular weight is 240 g/mol. The van der Waals surface area contributed by atoms with Crippen LogP contribution in [0.5, 0.6) is 0 Å². The van der Waals surface area contributed by atoms with Crippen LogP contribution in [0.15, 0.2) is 0 Å². The number of hydrogen-bond donors (Lipinski definition) is 1. The van der Waals surface area contributed by atoms with Crippen LogP contribution in [0.1, 0.15) is 34.6 Å². The normalized spacial score (nSPS) is 22.1. The standard InChI is InChI=1S/C12H20N2O3/c1-7(2)12(4,5)6-14-10(16)8(3)9(15)13-11(14)17/h7-8H,6H2,1-5H3,(H,13,15,17). The highest BCUT2D eigenvalue weighted by molar-refractivity contribution is 6.15. The molecule has 5 nitrogen and oxygen atoms in total. The Bertz CT molecular complexity index is 361. The summed E-state index contributed by atoms with van der Waals surface area (Å²) in [6.45, 7) is 9.92. The van der Waals surface area contributed by atoms with Crippen LogP contribution in [-0.2, 0) is 9.59 Å². The fraction of sp³-hybridized carbons (Fsp3) is 0.750. The molecule has 1 heterocycles. The zero-order valence-corrected chi connectivity index (χ0v) is 11.0. The molecule has 1 unspecified atom stereocenters. The number of carbonyl (C=O) groups excluding carboxylic acids is 3. The van der Waals surface area contributed by atoms with E-state index in [-0.39, 0.29) is 5.41 Å². The van der Waals surface area contributed by atoms with Crippen LogP contribution in [0.25, 0.3) is 0 Å². The molecule has 1 rings (SSSR count). The van der Waals surface area contributed by atoms with Crippen LogP contribution in [-0.4, -0.2) is 29.3 Å². The average Bonchev–Trinajstić information content (AvgIpc) is 2.21. The number of hydrogen-bond acceptors (Lipinski definition) is 3. The molecular weight excluding hydrogens is 220 g/mol. The van der Waals surface area contributed by atoms with E-state index in [9.17, 15) is 14.4 Å². The molecule has 1 fully saturated rings. The van der Waals surface area contributed by atoms with Crippen LogP contribution >= 0.6 is 0 Å². The summed E-state index contributed by atoms with van der Waals surface area (Å²) in [5.74, 6) is -1.38. The highest BCUT2D eigenvalue weighted by atomic mass is 16.2. The first-order chi connectivity index (χ1) is 7.66. The molecule has 0 saturated carbocycles. The number of nitrogens with zero attached hydrogens (tertiary/aromatic N) is 1. The molecule has 1 N–H and O–H groups in total. The zero-order valence-electron chi connectivity index (χ0n) is 11.0. The molecule has 0 aromatic rings. The highest BCUT2D eigenvalue weighted by Crippen LogP contribution is 2.28. The Morgan fingerprint density at radius 1 is 1.29 bits per heavy atom. The van der Waals surface area contributed by atoms with E-state index in [0.29, 0.717) is 12.5 Å². The maximum absolute atomic E-state index is 11.9. The van der Waals surface area contributed by atoms with Gasteiger partial charge in [0.25, 0.3) is 0 Å². The maximum Gasteiger partial charge on any atom is 0.330 e. The summed E-state index contributed by atoms with van der Waals surface area (Å²) in [7, 11) is 0. The minimum atomic E-state index is -0.782. The van der Waals surface area contributed by atoms with Gasteiger partial charge in [-0.1, -0.05) is 27.7 Å². The summed E-state index contributed by atoms with van der Waals surface area (Å²) in [5.41, 5.74) is -0.174. The maximum atomic E-state index is 11.9. The van der Waals surface area contributed by atoms with Gasteiger partial charge in [0, 0.05) is 6.54 Å². The Kier molecular flexibility index (Phi) is 3.59.